The van der Waals surface area contributed by atoms with Crippen LogP contribution in [0, 0.1) is 5.41 Å². The van der Waals surface area contributed by atoms with Gasteiger partial charge in [0.2, 0.25) is 0 Å². The van der Waals surface area contributed by atoms with Crippen molar-refractivity contribution in [3.05, 3.63) is 29.0 Å². The van der Waals surface area contributed by atoms with Gasteiger partial charge in [-0.3, -0.25) is 0 Å². The summed E-state index contributed by atoms with van der Waals surface area (Å²) in [6, 6.07) is 6.07. The van der Waals surface area contributed by atoms with E-state index in [2.05, 4.69) is 37.2 Å². The maximum Gasteiger partial charge on any atom is 0.125 e. The number of hydrogen-bond donors (Lipinski definition) is 0. The third-order valence-electron chi connectivity index (χ3n) is 3.49. The summed E-state index contributed by atoms with van der Waals surface area (Å²) in [5, 5.41) is 0.729. The van der Waals surface area contributed by atoms with Gasteiger partial charge in [-0.25, -0.2) is 4.98 Å². The van der Waals surface area contributed by atoms with E-state index in [-0.39, 0.29) is 11.5 Å². The Bertz CT molecular complexity index is 567. The Labute approximate surface area is 118 Å². The van der Waals surface area contributed by atoms with Crippen molar-refractivity contribution in [2.45, 2.75) is 39.6 Å². The van der Waals surface area contributed by atoms with Gasteiger partial charge >= 0.3 is 0 Å². The molecule has 18 heavy (non-hydrogen) atoms. The second-order valence-electron chi connectivity index (χ2n) is 5.68. The summed E-state index contributed by atoms with van der Waals surface area (Å²) in [4.78, 5) is 4.57. The van der Waals surface area contributed by atoms with Crippen molar-refractivity contribution >= 4 is 34.2 Å². The molecule has 0 N–H and O–H groups in total. The largest absolute Gasteiger partial charge is 0.322 e. The molecule has 2 rings (SSSR count). The lowest BCUT2D eigenvalue weighted by Gasteiger charge is -2.30. The molecule has 0 aliphatic carbocycles. The van der Waals surface area contributed by atoms with Crippen molar-refractivity contribution in [1.29, 1.82) is 0 Å². The van der Waals surface area contributed by atoms with Crippen molar-refractivity contribution in [3.8, 4) is 0 Å². The Morgan fingerprint density at radius 3 is 2.56 bits per heavy atom. The van der Waals surface area contributed by atoms with E-state index in [0.717, 1.165) is 21.9 Å². The first-order chi connectivity index (χ1) is 8.36. The molecule has 0 radical (unpaired) electrons. The third-order valence-corrected chi connectivity index (χ3v) is 4.04. The van der Waals surface area contributed by atoms with E-state index >= 15 is 0 Å². The van der Waals surface area contributed by atoms with Gasteiger partial charge in [0, 0.05) is 6.04 Å². The van der Waals surface area contributed by atoms with Crippen LogP contribution >= 0.6 is 23.2 Å². The standard InChI is InChI=1S/C14H18Cl2N2/c1-9(14(2,3)4)18-12(8-15)17-11-7-5-6-10(16)13(11)18/h5-7,9H,8H2,1-4H3. The van der Waals surface area contributed by atoms with Crippen molar-refractivity contribution in [3.63, 3.8) is 0 Å². The fourth-order valence-corrected chi connectivity index (χ4v) is 2.50. The smallest absolute Gasteiger partial charge is 0.125 e. The molecule has 0 bridgehead atoms. The maximum atomic E-state index is 6.32. The van der Waals surface area contributed by atoms with E-state index < -0.39 is 0 Å². The van der Waals surface area contributed by atoms with Crippen LogP contribution in [0.5, 0.6) is 0 Å². The quantitative estimate of drug-likeness (QED) is 0.707. The highest BCUT2D eigenvalue weighted by Gasteiger charge is 2.26. The molecule has 0 spiro atoms. The van der Waals surface area contributed by atoms with Gasteiger partial charge in [0.05, 0.1) is 21.9 Å². The Kier molecular flexibility index (Phi) is 3.61. The monoisotopic (exact) mass is 284 g/mol. The highest BCUT2D eigenvalue weighted by atomic mass is 35.5. The van der Waals surface area contributed by atoms with Crippen LogP contribution in [-0.4, -0.2) is 9.55 Å². The number of halogens is 2. The minimum Gasteiger partial charge on any atom is -0.322 e. The van der Waals surface area contributed by atoms with Gasteiger partial charge in [0.15, 0.2) is 0 Å². The molecule has 1 aromatic heterocycles. The summed E-state index contributed by atoms with van der Waals surface area (Å²) < 4.78 is 2.17. The summed E-state index contributed by atoms with van der Waals surface area (Å²) in [5.74, 6) is 1.27. The highest BCUT2D eigenvalue weighted by Crippen LogP contribution is 2.36. The Morgan fingerprint density at radius 2 is 2.00 bits per heavy atom. The molecule has 0 fully saturated rings. The zero-order valence-corrected chi connectivity index (χ0v) is 12.7. The van der Waals surface area contributed by atoms with Gasteiger partial charge in [-0.2, -0.15) is 0 Å². The molecule has 0 aliphatic rings. The highest BCUT2D eigenvalue weighted by molar-refractivity contribution is 6.35. The topological polar surface area (TPSA) is 17.8 Å². The minimum absolute atomic E-state index is 0.119. The molecule has 2 aromatic rings. The molecule has 1 heterocycles. The van der Waals surface area contributed by atoms with Crippen molar-refractivity contribution in [2.24, 2.45) is 5.41 Å². The van der Waals surface area contributed by atoms with Crippen LogP contribution in [0.25, 0.3) is 11.0 Å². The van der Waals surface area contributed by atoms with Crippen molar-refractivity contribution < 1.29 is 0 Å². The van der Waals surface area contributed by atoms with Crippen LogP contribution in [-0.2, 0) is 5.88 Å². The molecular formula is C14H18Cl2N2. The molecule has 1 aromatic carbocycles. The average molecular weight is 285 g/mol. The average Bonchev–Trinajstić information content (AvgIpc) is 2.66. The third kappa shape index (κ3) is 2.24. The lowest BCUT2D eigenvalue weighted by atomic mass is 9.87. The summed E-state index contributed by atoms with van der Waals surface area (Å²) in [6.45, 7) is 8.80. The second kappa shape index (κ2) is 4.75. The number of imidazole rings is 1. The van der Waals surface area contributed by atoms with Crippen LogP contribution < -0.4 is 0 Å². The summed E-state index contributed by atoms with van der Waals surface area (Å²) in [6.07, 6.45) is 0. The molecule has 4 heteroatoms. The van der Waals surface area contributed by atoms with E-state index in [1.807, 2.05) is 18.2 Å². The van der Waals surface area contributed by atoms with E-state index in [4.69, 9.17) is 23.2 Å². The van der Waals surface area contributed by atoms with Crippen molar-refractivity contribution in [2.75, 3.05) is 0 Å². The number of nitrogens with zero attached hydrogens (tertiary/aromatic N) is 2. The van der Waals surface area contributed by atoms with Gasteiger partial charge < -0.3 is 4.57 Å². The zero-order chi connectivity index (χ0) is 13.5. The number of aromatic nitrogens is 2. The van der Waals surface area contributed by atoms with Crippen LogP contribution in [0.2, 0.25) is 5.02 Å². The lowest BCUT2D eigenvalue weighted by Crippen LogP contribution is -2.23. The summed E-state index contributed by atoms with van der Waals surface area (Å²) in [7, 11) is 0. The molecular weight excluding hydrogens is 267 g/mol. The fraction of sp³-hybridized carbons (Fsp3) is 0.500. The molecule has 1 unspecified atom stereocenters. The molecule has 1 atom stereocenters. The fourth-order valence-electron chi connectivity index (χ4n) is 2.05. The first-order valence-electron chi connectivity index (χ1n) is 6.07. The van der Waals surface area contributed by atoms with E-state index in [1.165, 1.54) is 0 Å². The molecule has 2 nitrogen and oxygen atoms in total. The lowest BCUT2D eigenvalue weighted by molar-refractivity contribution is 0.264. The first kappa shape index (κ1) is 13.7. The Morgan fingerprint density at radius 1 is 1.33 bits per heavy atom. The minimum atomic E-state index is 0.119. The predicted molar refractivity (Wildman–Crippen MR) is 78.5 cm³/mol. The van der Waals surface area contributed by atoms with Crippen molar-refractivity contribution in [1.82, 2.24) is 9.55 Å². The number of rotatable bonds is 2. The molecule has 0 amide bonds. The van der Waals surface area contributed by atoms with Crippen LogP contribution in [0.3, 0.4) is 0 Å². The SMILES string of the molecule is CC(n1c(CCl)nc2cccc(Cl)c21)C(C)(C)C. The van der Waals surface area contributed by atoms with Gasteiger partial charge in [-0.05, 0) is 24.5 Å². The van der Waals surface area contributed by atoms with E-state index in [0.29, 0.717) is 5.88 Å². The van der Waals surface area contributed by atoms with Crippen LogP contribution in [0.15, 0.2) is 18.2 Å². The van der Waals surface area contributed by atoms with Gasteiger partial charge in [-0.15, -0.1) is 11.6 Å². The normalized spacial score (nSPS) is 14.1. The number of para-hydroxylation sites is 1. The zero-order valence-electron chi connectivity index (χ0n) is 11.2. The van der Waals surface area contributed by atoms with Crippen LogP contribution in [0.1, 0.15) is 39.6 Å². The predicted octanol–water partition coefficient (Wildman–Crippen LogP) is 5.04. The summed E-state index contributed by atoms with van der Waals surface area (Å²) in [5.41, 5.74) is 2.01. The number of fused-ring (bicyclic) bond motifs is 1. The first-order valence-corrected chi connectivity index (χ1v) is 6.98. The van der Waals surface area contributed by atoms with E-state index in [9.17, 15) is 0 Å². The van der Waals surface area contributed by atoms with Gasteiger partial charge in [-0.1, -0.05) is 38.4 Å². The molecule has 0 saturated heterocycles. The Balaban J connectivity index is 2.74. The number of alkyl halides is 1. The number of hydrogen-bond acceptors (Lipinski definition) is 1. The Hall–Kier alpha value is -0.730. The van der Waals surface area contributed by atoms with E-state index in [1.54, 1.807) is 0 Å². The molecule has 0 aliphatic heterocycles. The molecule has 98 valence electrons. The number of benzene rings is 1. The van der Waals surface area contributed by atoms with Crippen LogP contribution in [0.4, 0.5) is 0 Å². The maximum absolute atomic E-state index is 6.32. The van der Waals surface area contributed by atoms with Gasteiger partial charge in [0.25, 0.3) is 0 Å². The second-order valence-corrected chi connectivity index (χ2v) is 6.36. The molecule has 0 saturated carbocycles. The van der Waals surface area contributed by atoms with Gasteiger partial charge in [0.1, 0.15) is 5.82 Å². The summed E-state index contributed by atoms with van der Waals surface area (Å²) >= 11 is 12.3.